The van der Waals surface area contributed by atoms with Crippen LogP contribution in [0.5, 0.6) is 0 Å². The van der Waals surface area contributed by atoms with Gasteiger partial charge in [0.05, 0.1) is 5.02 Å². The predicted molar refractivity (Wildman–Crippen MR) is 58.9 cm³/mol. The van der Waals surface area contributed by atoms with Gasteiger partial charge in [0, 0.05) is 22.7 Å². The minimum atomic E-state index is 0.700. The number of nitrogens with one attached hydrogen (secondary N) is 1. The maximum Gasteiger partial charge on any atom is 0.0547 e. The van der Waals surface area contributed by atoms with Gasteiger partial charge in [-0.25, -0.2) is 0 Å². The second kappa shape index (κ2) is 3.99. The zero-order valence-corrected chi connectivity index (χ0v) is 9.34. The minimum Gasteiger partial charge on any atom is -0.319 e. The average Bonchev–Trinajstić information content (AvgIpc) is 2.50. The zero-order valence-electron chi connectivity index (χ0n) is 7.77. The molecule has 3 heteroatoms. The first kappa shape index (κ1) is 9.50. The molecule has 1 heterocycles. The quantitative estimate of drug-likeness (QED) is 0.800. The molecule has 1 aromatic heterocycles. The van der Waals surface area contributed by atoms with Crippen LogP contribution in [0.2, 0.25) is 5.02 Å². The molecule has 1 N–H and O–H groups in total. The summed E-state index contributed by atoms with van der Waals surface area (Å²) >= 11 is 7.94. The molecule has 0 saturated heterocycles. The predicted octanol–water partition coefficient (Wildman–Crippen LogP) is 3.04. The molecule has 0 bridgehead atoms. The third-order valence-electron chi connectivity index (χ3n) is 2.68. The minimum absolute atomic E-state index is 0.700. The molecule has 0 aromatic carbocycles. The van der Waals surface area contributed by atoms with Crippen LogP contribution in [0, 0.1) is 0 Å². The lowest BCUT2D eigenvalue weighted by atomic mass is 9.89. The molecule has 2 rings (SSSR count). The monoisotopic (exact) mass is 215 g/mol. The van der Waals surface area contributed by atoms with Crippen LogP contribution < -0.4 is 5.32 Å². The van der Waals surface area contributed by atoms with E-state index in [2.05, 4.69) is 10.7 Å². The number of hydrogen-bond acceptors (Lipinski definition) is 2. The van der Waals surface area contributed by atoms with Crippen LogP contribution in [0.3, 0.4) is 0 Å². The Morgan fingerprint density at radius 2 is 2.54 bits per heavy atom. The van der Waals surface area contributed by atoms with E-state index in [1.165, 1.54) is 29.7 Å². The number of hydrogen-bond donors (Lipinski definition) is 1. The van der Waals surface area contributed by atoms with Gasteiger partial charge in [-0.1, -0.05) is 11.6 Å². The van der Waals surface area contributed by atoms with Gasteiger partial charge in [-0.15, -0.1) is 11.3 Å². The summed E-state index contributed by atoms with van der Waals surface area (Å²) in [7, 11) is 2.02. The van der Waals surface area contributed by atoms with E-state index in [0.717, 1.165) is 11.6 Å². The van der Waals surface area contributed by atoms with Crippen molar-refractivity contribution in [2.24, 2.45) is 0 Å². The van der Waals surface area contributed by atoms with Crippen LogP contribution in [-0.4, -0.2) is 13.6 Å². The summed E-state index contributed by atoms with van der Waals surface area (Å²) < 4.78 is 0. The first-order valence-corrected chi connectivity index (χ1v) is 5.99. The third kappa shape index (κ3) is 1.76. The summed E-state index contributed by atoms with van der Waals surface area (Å²) in [6.07, 6.45) is 3.78. The van der Waals surface area contributed by atoms with Crippen LogP contribution >= 0.6 is 22.9 Å². The van der Waals surface area contributed by atoms with E-state index in [-0.39, 0.29) is 0 Å². The van der Waals surface area contributed by atoms with Crippen molar-refractivity contribution in [2.45, 2.75) is 25.2 Å². The molecular formula is C10H14ClNS. The van der Waals surface area contributed by atoms with Crippen LogP contribution in [0.15, 0.2) is 5.38 Å². The molecule has 0 saturated carbocycles. The van der Waals surface area contributed by atoms with Crippen LogP contribution in [0.25, 0.3) is 0 Å². The van der Waals surface area contributed by atoms with Crippen molar-refractivity contribution in [2.75, 3.05) is 13.6 Å². The van der Waals surface area contributed by atoms with E-state index in [4.69, 9.17) is 11.6 Å². The van der Waals surface area contributed by atoms with Gasteiger partial charge in [0.2, 0.25) is 0 Å². The normalized spacial score (nSPS) is 21.5. The van der Waals surface area contributed by atoms with E-state index in [9.17, 15) is 0 Å². The Bertz CT molecular complexity index is 295. The molecule has 0 amide bonds. The molecule has 1 unspecified atom stereocenters. The van der Waals surface area contributed by atoms with Crippen molar-refractivity contribution in [3.8, 4) is 0 Å². The van der Waals surface area contributed by atoms with E-state index >= 15 is 0 Å². The average molecular weight is 216 g/mol. The van der Waals surface area contributed by atoms with Gasteiger partial charge in [0.25, 0.3) is 0 Å². The fourth-order valence-corrected chi connectivity index (χ4v) is 3.56. The molecule has 1 aliphatic carbocycles. The Morgan fingerprint density at radius 1 is 1.69 bits per heavy atom. The van der Waals surface area contributed by atoms with Gasteiger partial charge in [-0.05, 0) is 31.9 Å². The Hall–Kier alpha value is -0.0500. The van der Waals surface area contributed by atoms with Crippen molar-refractivity contribution >= 4 is 22.9 Å². The number of likely N-dealkylation sites (N-methyl/N-ethyl adjacent to an activating group) is 1. The number of rotatable bonds is 2. The van der Waals surface area contributed by atoms with Crippen LogP contribution in [-0.2, 0) is 6.42 Å². The van der Waals surface area contributed by atoms with Gasteiger partial charge in [-0.2, -0.15) is 0 Å². The van der Waals surface area contributed by atoms with Gasteiger partial charge in [0.1, 0.15) is 0 Å². The standard InChI is InChI=1S/C10H14ClNS/c1-12-5-7-3-2-4-8-9(11)6-13-10(7)8/h6-7,12H,2-5H2,1H3. The smallest absolute Gasteiger partial charge is 0.0547 e. The van der Waals surface area contributed by atoms with Crippen LogP contribution in [0.1, 0.15) is 29.2 Å². The Kier molecular flexibility index (Phi) is 2.92. The van der Waals surface area contributed by atoms with Crippen molar-refractivity contribution in [3.63, 3.8) is 0 Å². The van der Waals surface area contributed by atoms with Gasteiger partial charge in [-0.3, -0.25) is 0 Å². The highest BCUT2D eigenvalue weighted by Crippen LogP contribution is 2.39. The largest absolute Gasteiger partial charge is 0.319 e. The van der Waals surface area contributed by atoms with E-state index in [1.54, 1.807) is 0 Å². The second-order valence-electron chi connectivity index (χ2n) is 3.57. The molecule has 0 fully saturated rings. The van der Waals surface area contributed by atoms with Crippen molar-refractivity contribution in [3.05, 3.63) is 20.8 Å². The maximum absolute atomic E-state index is 6.11. The Morgan fingerprint density at radius 3 is 3.31 bits per heavy atom. The Labute approximate surface area is 88.1 Å². The summed E-state index contributed by atoms with van der Waals surface area (Å²) in [5, 5.41) is 6.32. The highest BCUT2D eigenvalue weighted by molar-refractivity contribution is 7.10. The van der Waals surface area contributed by atoms with Crippen LogP contribution in [0.4, 0.5) is 0 Å². The fraction of sp³-hybridized carbons (Fsp3) is 0.600. The molecular weight excluding hydrogens is 202 g/mol. The van der Waals surface area contributed by atoms with E-state index in [1.807, 2.05) is 18.4 Å². The topological polar surface area (TPSA) is 12.0 Å². The van der Waals surface area contributed by atoms with Crippen molar-refractivity contribution < 1.29 is 0 Å². The van der Waals surface area contributed by atoms with Gasteiger partial charge >= 0.3 is 0 Å². The molecule has 0 aliphatic heterocycles. The summed E-state index contributed by atoms with van der Waals surface area (Å²) in [6, 6.07) is 0. The molecule has 13 heavy (non-hydrogen) atoms. The molecule has 1 aromatic rings. The second-order valence-corrected chi connectivity index (χ2v) is 4.89. The first-order valence-electron chi connectivity index (χ1n) is 4.73. The molecule has 1 atom stereocenters. The zero-order chi connectivity index (χ0) is 9.26. The highest BCUT2D eigenvalue weighted by atomic mass is 35.5. The number of thiophene rings is 1. The summed E-state index contributed by atoms with van der Waals surface area (Å²) in [5.74, 6) is 0.700. The van der Waals surface area contributed by atoms with Gasteiger partial charge in [0.15, 0.2) is 0 Å². The number of halogens is 1. The van der Waals surface area contributed by atoms with E-state index in [0.29, 0.717) is 5.92 Å². The third-order valence-corrected chi connectivity index (χ3v) is 4.33. The SMILES string of the molecule is CNCC1CCCc2c(Cl)csc21. The molecule has 1 nitrogen and oxygen atoms in total. The molecule has 0 radical (unpaired) electrons. The summed E-state index contributed by atoms with van der Waals surface area (Å²) in [6.45, 7) is 1.09. The molecule has 1 aliphatic rings. The molecule has 0 spiro atoms. The lowest BCUT2D eigenvalue weighted by molar-refractivity contribution is 0.538. The Balaban J connectivity index is 2.27. The fourth-order valence-electron chi connectivity index (χ4n) is 2.06. The maximum atomic E-state index is 6.11. The van der Waals surface area contributed by atoms with Crippen molar-refractivity contribution in [1.82, 2.24) is 5.32 Å². The van der Waals surface area contributed by atoms with Crippen molar-refractivity contribution in [1.29, 1.82) is 0 Å². The molecule has 72 valence electrons. The highest BCUT2D eigenvalue weighted by Gasteiger charge is 2.22. The van der Waals surface area contributed by atoms with E-state index < -0.39 is 0 Å². The van der Waals surface area contributed by atoms with Gasteiger partial charge < -0.3 is 5.32 Å². The lowest BCUT2D eigenvalue weighted by Gasteiger charge is -2.22. The summed E-state index contributed by atoms with van der Waals surface area (Å²) in [5.41, 5.74) is 1.41. The first-order chi connectivity index (χ1) is 6.33. The number of fused-ring (bicyclic) bond motifs is 1. The lowest BCUT2D eigenvalue weighted by Crippen LogP contribution is -2.19. The summed E-state index contributed by atoms with van der Waals surface area (Å²) in [4.78, 5) is 1.52.